The van der Waals surface area contributed by atoms with Crippen molar-refractivity contribution >= 4 is 37.8 Å². The third-order valence-corrected chi connectivity index (χ3v) is 5.37. The van der Waals surface area contributed by atoms with Gasteiger partial charge in [-0.15, -0.1) is 0 Å². The second kappa shape index (κ2) is 24.1. The number of halogens is 1. The molecule has 3 heterocycles. The summed E-state index contributed by atoms with van der Waals surface area (Å²) in [7, 11) is 4.32. The number of imidazole rings is 1. The summed E-state index contributed by atoms with van der Waals surface area (Å²) in [5.41, 5.74) is 2.07. The fourth-order valence-corrected chi connectivity index (χ4v) is 3.43. The Labute approximate surface area is 280 Å². The van der Waals surface area contributed by atoms with Crippen LogP contribution in [0.1, 0.15) is 52.4 Å². The Morgan fingerprint density at radius 1 is 0.977 bits per heavy atom. The first-order valence-corrected chi connectivity index (χ1v) is 12.9. The van der Waals surface area contributed by atoms with Crippen LogP contribution in [-0.4, -0.2) is 91.5 Å². The minimum atomic E-state index is -0.639. The van der Waals surface area contributed by atoms with Gasteiger partial charge in [0.15, 0.2) is 0 Å². The predicted octanol–water partition coefficient (Wildman–Crippen LogP) is -2.43. The van der Waals surface area contributed by atoms with E-state index >= 15 is 0 Å². The molecule has 4 rings (SSSR count). The van der Waals surface area contributed by atoms with E-state index in [-0.39, 0.29) is 60.7 Å². The van der Waals surface area contributed by atoms with Gasteiger partial charge in [-0.2, -0.15) is 0 Å². The average Bonchev–Trinajstić information content (AvgIpc) is 3.41. The molecule has 0 bridgehead atoms. The molecule has 237 valence electrons. The van der Waals surface area contributed by atoms with Gasteiger partial charge in [0.2, 0.25) is 17.8 Å². The molecule has 2 amide bonds. The number of aromatic nitrogens is 2. The Hall–Kier alpha value is -3.31. The summed E-state index contributed by atoms with van der Waals surface area (Å²) in [6, 6.07) is 6.59. The molecule has 17 heteroatoms. The number of nitrogens with one attached hydrogen (secondary N) is 3. The molecular weight excluding hydrogens is 589 g/mol. The molecule has 2 saturated heterocycles. The smallest absolute Gasteiger partial charge is 0.793 e. The molecule has 0 saturated carbocycles. The summed E-state index contributed by atoms with van der Waals surface area (Å²) in [5.74, 6) is -1.82. The van der Waals surface area contributed by atoms with Crippen LogP contribution in [0.4, 0.5) is 4.39 Å². The van der Waals surface area contributed by atoms with Crippen molar-refractivity contribution in [2.24, 2.45) is 0 Å². The van der Waals surface area contributed by atoms with Gasteiger partial charge in [-0.25, -0.2) is 28.7 Å². The van der Waals surface area contributed by atoms with E-state index < -0.39 is 17.9 Å². The monoisotopic (exact) mass is 629 g/mol. The average molecular weight is 629 g/mol. The Morgan fingerprint density at radius 3 is 1.98 bits per heavy atom. The number of amides is 2. The van der Waals surface area contributed by atoms with E-state index in [1.807, 2.05) is 6.20 Å². The standard InChI is InChI=1S/C16H19FN4O.C4H8N2O.C4H6O4.C2H3BO2.CH4.Na/c1-12(13-2-4-14(17)5-3-13)21-11-18-8-15(21)9-20-7-6-19-16(22)10-20;7-4-3-5-1-2-6-4;1-3(5)7-8-4(2)6;1-2(4)5-3;;/h2-5,8,11-12H,6-7,9-10H2,1H3,(H,19,22);5H,1-3H2,(H,6,7);1-2H3;1H3;1H4;/q;;;-1;;+1/t12-;;;;;/m1...../s1. The molecule has 0 spiro atoms. The topological polar surface area (TPSA) is 170 Å². The van der Waals surface area contributed by atoms with Gasteiger partial charge in [-0.3, -0.25) is 19.3 Å². The third kappa shape index (κ3) is 19.1. The van der Waals surface area contributed by atoms with E-state index in [0.717, 1.165) is 44.7 Å². The first-order chi connectivity index (χ1) is 19.9. The predicted molar refractivity (Wildman–Crippen MR) is 154 cm³/mol. The van der Waals surface area contributed by atoms with Crippen LogP contribution in [0, 0.1) is 5.82 Å². The van der Waals surface area contributed by atoms with Gasteiger partial charge < -0.3 is 33.2 Å². The minimum absolute atomic E-state index is 0. The molecule has 0 unspecified atom stereocenters. The third-order valence-electron chi connectivity index (χ3n) is 5.37. The second-order valence-electron chi connectivity index (χ2n) is 8.87. The maximum atomic E-state index is 13.1. The number of carbonyl (C=O) groups excluding carboxylic acids is 5. The van der Waals surface area contributed by atoms with E-state index in [1.54, 1.807) is 18.5 Å². The van der Waals surface area contributed by atoms with Gasteiger partial charge in [0, 0.05) is 59.7 Å². The number of carbonyl (C=O) groups is 5. The van der Waals surface area contributed by atoms with E-state index in [9.17, 15) is 28.4 Å². The van der Waals surface area contributed by atoms with E-state index in [1.165, 1.54) is 19.1 Å². The molecule has 14 nitrogen and oxygen atoms in total. The maximum absolute atomic E-state index is 13.1. The van der Waals surface area contributed by atoms with Gasteiger partial charge in [-0.05, 0) is 24.6 Å². The molecule has 1 aromatic heterocycles. The Bertz CT molecular complexity index is 1150. The summed E-state index contributed by atoms with van der Waals surface area (Å²) in [5, 5.41) is 8.42. The fourth-order valence-electron chi connectivity index (χ4n) is 3.43. The van der Waals surface area contributed by atoms with Crippen LogP contribution in [0.2, 0.25) is 0 Å². The van der Waals surface area contributed by atoms with Crippen LogP contribution >= 0.6 is 0 Å². The van der Waals surface area contributed by atoms with Crippen LogP contribution in [0.25, 0.3) is 0 Å². The number of nitrogens with zero attached hydrogens (tertiary/aromatic N) is 3. The number of benzene rings is 1. The van der Waals surface area contributed by atoms with Crippen molar-refractivity contribution in [3.8, 4) is 0 Å². The zero-order valence-electron chi connectivity index (χ0n) is 25.1. The first kappa shape index (κ1) is 42.8. The molecule has 3 radical (unpaired) electrons. The normalized spacial score (nSPS) is 14.2. The number of piperazine rings is 2. The van der Waals surface area contributed by atoms with E-state index in [4.69, 9.17) is 0 Å². The second-order valence-corrected chi connectivity index (χ2v) is 8.87. The summed E-state index contributed by atoms with van der Waals surface area (Å²) in [6.07, 6.45) is 3.61. The number of rotatable bonds is 4. The van der Waals surface area contributed by atoms with Gasteiger partial charge in [0.05, 0.1) is 31.2 Å². The maximum Gasteiger partial charge on any atom is 1.00 e. The zero-order valence-corrected chi connectivity index (χ0v) is 27.1. The van der Waals surface area contributed by atoms with Crippen molar-refractivity contribution in [3.63, 3.8) is 0 Å². The van der Waals surface area contributed by atoms with E-state index in [2.05, 4.69) is 59.8 Å². The van der Waals surface area contributed by atoms with Gasteiger partial charge in [0.1, 0.15) is 5.82 Å². The Kier molecular flexibility index (Phi) is 23.4. The first-order valence-electron chi connectivity index (χ1n) is 12.9. The van der Waals surface area contributed by atoms with Crippen molar-refractivity contribution in [1.82, 2.24) is 30.4 Å². The van der Waals surface area contributed by atoms with Crippen LogP contribution in [-0.2, 0) is 44.9 Å². The van der Waals surface area contributed by atoms with Crippen LogP contribution in [0.5, 0.6) is 0 Å². The molecular formula is C27H40BFN6NaO8. The molecule has 44 heavy (non-hydrogen) atoms. The van der Waals surface area contributed by atoms with Gasteiger partial charge >= 0.3 is 41.5 Å². The number of hydrogen-bond acceptors (Lipinski definition) is 11. The van der Waals surface area contributed by atoms with Crippen LogP contribution < -0.4 is 45.5 Å². The molecule has 2 fully saturated rings. The number of hydrogen-bond donors (Lipinski definition) is 3. The van der Waals surface area contributed by atoms with Gasteiger partial charge in [-0.1, -0.05) is 19.6 Å². The molecule has 2 aliphatic heterocycles. The molecule has 3 N–H and O–H groups in total. The summed E-state index contributed by atoms with van der Waals surface area (Å²) < 4.78 is 18.7. The molecule has 1 atom stereocenters. The van der Waals surface area contributed by atoms with Crippen LogP contribution in [0.15, 0.2) is 36.8 Å². The van der Waals surface area contributed by atoms with Crippen molar-refractivity contribution in [3.05, 3.63) is 53.9 Å². The summed E-state index contributed by atoms with van der Waals surface area (Å²) in [6.45, 7) is 10.4. The SMILES string of the molecule is C.CC(=O)OOC(C)=O.C[C@H](c1ccc(F)cc1)n1cncc1CN1CCNC(=O)C1.O=C1CNCCN1.[B-]OC(C)=O.[Na+]. The molecule has 2 aliphatic rings. The fraction of sp³-hybridized carbons (Fsp3) is 0.481. The van der Waals surface area contributed by atoms with Gasteiger partial charge in [0.25, 0.3) is 0 Å². The Morgan fingerprint density at radius 2 is 1.55 bits per heavy atom. The summed E-state index contributed by atoms with van der Waals surface area (Å²) >= 11 is 0. The van der Waals surface area contributed by atoms with Crippen molar-refractivity contribution < 1.29 is 72.3 Å². The zero-order chi connectivity index (χ0) is 31.5. The molecule has 2 aromatic rings. The minimum Gasteiger partial charge on any atom is -0.793 e. The molecule has 1 aromatic carbocycles. The quantitative estimate of drug-likeness (QED) is 0.187. The van der Waals surface area contributed by atoms with Crippen LogP contribution in [0.3, 0.4) is 0 Å². The summed E-state index contributed by atoms with van der Waals surface area (Å²) in [4.78, 5) is 64.9. The largest absolute Gasteiger partial charge is 1.00 e. The van der Waals surface area contributed by atoms with Crippen molar-refractivity contribution in [2.75, 3.05) is 39.3 Å². The van der Waals surface area contributed by atoms with Crippen molar-refractivity contribution in [2.45, 2.75) is 47.7 Å². The van der Waals surface area contributed by atoms with Crippen molar-refractivity contribution in [1.29, 1.82) is 0 Å². The molecule has 0 aliphatic carbocycles. The Balaban J connectivity index is 0. The van der Waals surface area contributed by atoms with E-state index in [0.29, 0.717) is 26.2 Å².